The molecule has 0 radical (unpaired) electrons. The fourth-order valence-corrected chi connectivity index (χ4v) is 5.52. The van der Waals surface area contributed by atoms with Crippen molar-refractivity contribution in [3.8, 4) is 5.75 Å². The highest BCUT2D eigenvalue weighted by atomic mass is 16.5. The van der Waals surface area contributed by atoms with Gasteiger partial charge in [0.15, 0.2) is 0 Å². The maximum Gasteiger partial charge on any atom is 0.255 e. The number of rotatable bonds is 5. The summed E-state index contributed by atoms with van der Waals surface area (Å²) >= 11 is 0. The number of ether oxygens (including phenoxy) is 1. The summed E-state index contributed by atoms with van der Waals surface area (Å²) in [4.78, 5) is 37.9. The van der Waals surface area contributed by atoms with Crippen LogP contribution in [0.25, 0.3) is 0 Å². The van der Waals surface area contributed by atoms with E-state index in [4.69, 9.17) is 9.72 Å². The third-order valence-corrected chi connectivity index (χ3v) is 7.34. The van der Waals surface area contributed by atoms with Crippen molar-refractivity contribution in [3.05, 3.63) is 57.3 Å². The molecule has 1 atom stereocenters. The lowest BCUT2D eigenvalue weighted by Gasteiger charge is -2.28. The van der Waals surface area contributed by atoms with Gasteiger partial charge in [0.2, 0.25) is 5.91 Å². The highest BCUT2D eigenvalue weighted by Gasteiger charge is 2.34. The van der Waals surface area contributed by atoms with Crippen LogP contribution >= 0.6 is 0 Å². The van der Waals surface area contributed by atoms with Gasteiger partial charge in [-0.25, -0.2) is 4.98 Å². The van der Waals surface area contributed by atoms with Gasteiger partial charge in [-0.3, -0.25) is 14.5 Å². The van der Waals surface area contributed by atoms with Crippen LogP contribution in [0.5, 0.6) is 5.75 Å². The number of aromatic amines is 1. The number of benzene rings is 1. The highest BCUT2D eigenvalue weighted by Crippen LogP contribution is 2.31. The van der Waals surface area contributed by atoms with Crippen LogP contribution in [0.4, 0.5) is 0 Å². The van der Waals surface area contributed by atoms with Gasteiger partial charge < -0.3 is 14.6 Å². The Kier molecular flexibility index (Phi) is 6.00. The van der Waals surface area contributed by atoms with Gasteiger partial charge in [-0.1, -0.05) is 31.0 Å². The molecule has 1 aliphatic carbocycles. The first-order chi connectivity index (χ1) is 15.6. The standard InChI is InChI=1S/C25H32N4O3/c1-32-22-9-5-4-8-18(22)14-28-12-11-21-20(16-28)24(30)27-23(26-21)19-10-13-29(15-19)25(31)17-6-2-3-7-17/h4-5,8-9,17,19H,2-3,6-7,10-16H2,1H3,(H,26,27,30). The average Bonchev–Trinajstić information content (AvgIpc) is 3.52. The first kappa shape index (κ1) is 21.2. The Morgan fingerprint density at radius 1 is 1.19 bits per heavy atom. The number of para-hydroxylation sites is 1. The van der Waals surface area contributed by atoms with Gasteiger partial charge in [0.05, 0.1) is 18.4 Å². The zero-order valence-corrected chi connectivity index (χ0v) is 18.8. The molecule has 2 fully saturated rings. The quantitative estimate of drug-likeness (QED) is 0.780. The second-order valence-corrected chi connectivity index (χ2v) is 9.40. The number of amides is 1. The van der Waals surface area contributed by atoms with E-state index in [2.05, 4.69) is 16.0 Å². The summed E-state index contributed by atoms with van der Waals surface area (Å²) in [5, 5.41) is 0. The minimum absolute atomic E-state index is 0.0321. The number of likely N-dealkylation sites (tertiary alicyclic amines) is 1. The van der Waals surface area contributed by atoms with Gasteiger partial charge in [0.1, 0.15) is 11.6 Å². The third-order valence-electron chi connectivity index (χ3n) is 7.34. The number of nitrogens with zero attached hydrogens (tertiary/aromatic N) is 3. The molecule has 32 heavy (non-hydrogen) atoms. The average molecular weight is 437 g/mol. The Morgan fingerprint density at radius 2 is 2.00 bits per heavy atom. The molecule has 2 aromatic rings. The highest BCUT2D eigenvalue weighted by molar-refractivity contribution is 5.79. The number of carbonyl (C=O) groups is 1. The van der Waals surface area contributed by atoms with Gasteiger partial charge in [0, 0.05) is 56.5 Å². The van der Waals surface area contributed by atoms with Crippen molar-refractivity contribution in [1.29, 1.82) is 0 Å². The smallest absolute Gasteiger partial charge is 0.255 e. The topological polar surface area (TPSA) is 78.5 Å². The van der Waals surface area contributed by atoms with Crippen molar-refractivity contribution in [2.75, 3.05) is 26.7 Å². The van der Waals surface area contributed by atoms with E-state index in [9.17, 15) is 9.59 Å². The van der Waals surface area contributed by atoms with Crippen molar-refractivity contribution in [3.63, 3.8) is 0 Å². The Labute approximate surface area is 188 Å². The predicted octanol–water partition coefficient (Wildman–Crippen LogP) is 2.84. The van der Waals surface area contributed by atoms with E-state index < -0.39 is 0 Å². The summed E-state index contributed by atoms with van der Waals surface area (Å²) in [6.45, 7) is 3.64. The lowest BCUT2D eigenvalue weighted by Crippen LogP contribution is -2.36. The van der Waals surface area contributed by atoms with Crippen molar-refractivity contribution < 1.29 is 9.53 Å². The van der Waals surface area contributed by atoms with E-state index in [0.717, 1.165) is 73.7 Å². The number of carbonyl (C=O) groups excluding carboxylic acids is 1. The van der Waals surface area contributed by atoms with E-state index in [-0.39, 0.29) is 17.4 Å². The second-order valence-electron chi connectivity index (χ2n) is 9.40. The third kappa shape index (κ3) is 4.18. The van der Waals surface area contributed by atoms with Crippen molar-refractivity contribution in [2.45, 2.75) is 57.5 Å². The van der Waals surface area contributed by atoms with Crippen LogP contribution in [0, 0.1) is 5.92 Å². The van der Waals surface area contributed by atoms with Crippen LogP contribution in [0.1, 0.15) is 60.7 Å². The molecule has 1 saturated carbocycles. The number of hydrogen-bond donors (Lipinski definition) is 1. The van der Waals surface area contributed by atoms with Crippen molar-refractivity contribution >= 4 is 5.91 Å². The van der Waals surface area contributed by atoms with Crippen molar-refractivity contribution in [2.24, 2.45) is 5.92 Å². The molecule has 1 aromatic carbocycles. The summed E-state index contributed by atoms with van der Waals surface area (Å²) in [5.41, 5.74) is 2.78. The van der Waals surface area contributed by atoms with Gasteiger partial charge in [-0.15, -0.1) is 0 Å². The van der Waals surface area contributed by atoms with Gasteiger partial charge >= 0.3 is 0 Å². The normalized spacial score (nSPS) is 21.7. The number of nitrogens with one attached hydrogen (secondary N) is 1. The largest absolute Gasteiger partial charge is 0.496 e. The summed E-state index contributed by atoms with van der Waals surface area (Å²) in [7, 11) is 1.69. The molecule has 1 N–H and O–H groups in total. The van der Waals surface area contributed by atoms with Gasteiger partial charge in [-0.05, 0) is 25.3 Å². The monoisotopic (exact) mass is 436 g/mol. The SMILES string of the molecule is COc1ccccc1CN1CCc2nc(C3CCN(C(=O)C4CCCC4)C3)[nH]c(=O)c2C1. The van der Waals surface area contributed by atoms with Crippen LogP contribution in [0.3, 0.4) is 0 Å². The van der Waals surface area contributed by atoms with Crippen molar-refractivity contribution in [1.82, 2.24) is 19.8 Å². The first-order valence-corrected chi connectivity index (χ1v) is 11.9. The number of methoxy groups -OCH3 is 1. The Morgan fingerprint density at radius 3 is 2.81 bits per heavy atom. The maximum absolute atomic E-state index is 13.0. The van der Waals surface area contributed by atoms with E-state index in [1.807, 2.05) is 23.1 Å². The molecule has 7 heteroatoms. The molecule has 2 aliphatic heterocycles. The maximum atomic E-state index is 13.0. The second kappa shape index (κ2) is 9.06. The molecule has 0 bridgehead atoms. The molecule has 1 saturated heterocycles. The van der Waals surface area contributed by atoms with Crippen LogP contribution in [-0.2, 0) is 24.3 Å². The molecule has 170 valence electrons. The predicted molar refractivity (Wildman–Crippen MR) is 122 cm³/mol. The molecule has 1 unspecified atom stereocenters. The Bertz CT molecular complexity index is 1040. The Hall–Kier alpha value is -2.67. The molecule has 3 aliphatic rings. The zero-order valence-electron chi connectivity index (χ0n) is 18.8. The molecule has 1 aromatic heterocycles. The molecular weight excluding hydrogens is 404 g/mol. The Balaban J connectivity index is 1.27. The molecular formula is C25H32N4O3. The summed E-state index contributed by atoms with van der Waals surface area (Å²) in [5.74, 6) is 2.27. The van der Waals surface area contributed by atoms with Crippen LogP contribution < -0.4 is 10.3 Å². The molecule has 0 spiro atoms. The lowest BCUT2D eigenvalue weighted by atomic mass is 10.0. The molecule has 3 heterocycles. The number of fused-ring (bicyclic) bond motifs is 1. The van der Waals surface area contributed by atoms with Crippen LogP contribution in [-0.4, -0.2) is 52.4 Å². The summed E-state index contributed by atoms with van der Waals surface area (Å²) in [6, 6.07) is 8.02. The molecule has 1 amide bonds. The first-order valence-electron chi connectivity index (χ1n) is 11.9. The zero-order chi connectivity index (χ0) is 22.1. The molecule has 7 nitrogen and oxygen atoms in total. The van der Waals surface area contributed by atoms with Crippen LogP contribution in [0.15, 0.2) is 29.1 Å². The van der Waals surface area contributed by atoms with E-state index in [0.29, 0.717) is 19.0 Å². The van der Waals surface area contributed by atoms with E-state index in [1.54, 1.807) is 7.11 Å². The van der Waals surface area contributed by atoms with Crippen LogP contribution in [0.2, 0.25) is 0 Å². The minimum atomic E-state index is -0.0321. The summed E-state index contributed by atoms with van der Waals surface area (Å²) < 4.78 is 5.48. The minimum Gasteiger partial charge on any atom is -0.496 e. The van der Waals surface area contributed by atoms with Gasteiger partial charge in [-0.2, -0.15) is 0 Å². The fourth-order valence-electron chi connectivity index (χ4n) is 5.52. The molecule has 5 rings (SSSR count). The number of H-pyrrole nitrogens is 1. The summed E-state index contributed by atoms with van der Waals surface area (Å²) in [6.07, 6.45) is 6.03. The lowest BCUT2D eigenvalue weighted by molar-refractivity contribution is -0.134. The van der Waals surface area contributed by atoms with E-state index >= 15 is 0 Å². The number of hydrogen-bond acceptors (Lipinski definition) is 5. The number of aromatic nitrogens is 2. The van der Waals surface area contributed by atoms with Gasteiger partial charge in [0.25, 0.3) is 5.56 Å². The fraction of sp³-hybridized carbons (Fsp3) is 0.560. The van der Waals surface area contributed by atoms with E-state index in [1.165, 1.54) is 12.8 Å².